The molecule has 0 aromatic heterocycles. The highest BCUT2D eigenvalue weighted by atomic mass is 32.2. The Bertz CT molecular complexity index is 608. The molecule has 1 fully saturated rings. The van der Waals surface area contributed by atoms with Crippen LogP contribution in [0.4, 0.5) is 4.79 Å². The van der Waals surface area contributed by atoms with Crippen LogP contribution in [0.3, 0.4) is 0 Å². The third-order valence-corrected chi connectivity index (χ3v) is 3.74. The van der Waals surface area contributed by atoms with Gasteiger partial charge in [-0.25, -0.2) is 0 Å². The van der Waals surface area contributed by atoms with E-state index in [-0.39, 0.29) is 17.9 Å². The first-order valence-electron chi connectivity index (χ1n) is 6.12. The number of nitrogens with zero attached hydrogens (tertiary/aromatic N) is 1. The molecule has 0 atom stereocenters. The molecular weight excluding hydrogens is 294 g/mol. The molecule has 0 aliphatic carbocycles. The first-order chi connectivity index (χ1) is 10.0. The van der Waals surface area contributed by atoms with Crippen LogP contribution in [-0.2, 0) is 9.59 Å². The molecule has 1 aromatic rings. The van der Waals surface area contributed by atoms with Gasteiger partial charge in [-0.3, -0.25) is 19.3 Å². The van der Waals surface area contributed by atoms with Gasteiger partial charge in [-0.05, 0) is 35.5 Å². The summed E-state index contributed by atoms with van der Waals surface area (Å²) in [6.07, 6.45) is 1.35. The van der Waals surface area contributed by atoms with Crippen LogP contribution < -0.4 is 4.74 Å². The second-order valence-corrected chi connectivity index (χ2v) is 5.24. The maximum atomic E-state index is 12.1. The van der Waals surface area contributed by atoms with Crippen molar-refractivity contribution in [2.45, 2.75) is 6.42 Å². The Morgan fingerprint density at radius 1 is 1.33 bits per heavy atom. The molecule has 0 bridgehead atoms. The number of carboxylic acid groups (broad SMARTS) is 1. The van der Waals surface area contributed by atoms with Gasteiger partial charge in [-0.15, -0.1) is 0 Å². The van der Waals surface area contributed by atoms with Gasteiger partial charge < -0.3 is 9.84 Å². The summed E-state index contributed by atoms with van der Waals surface area (Å²) in [4.78, 5) is 35.5. The van der Waals surface area contributed by atoms with E-state index in [9.17, 15) is 14.4 Å². The summed E-state index contributed by atoms with van der Waals surface area (Å²) in [6.45, 7) is -0.111. The topological polar surface area (TPSA) is 83.9 Å². The smallest absolute Gasteiger partial charge is 0.305 e. The molecule has 21 heavy (non-hydrogen) atoms. The van der Waals surface area contributed by atoms with Crippen molar-refractivity contribution in [3.05, 3.63) is 34.7 Å². The molecule has 1 heterocycles. The van der Waals surface area contributed by atoms with Crippen LogP contribution >= 0.6 is 11.8 Å². The first kappa shape index (κ1) is 15.1. The number of aliphatic carboxylic acids is 1. The number of methoxy groups -OCH3 is 1. The van der Waals surface area contributed by atoms with E-state index in [4.69, 9.17) is 9.84 Å². The molecule has 6 nitrogen and oxygen atoms in total. The SMILES string of the molecule is COc1ccc(/C=C2\SC(=O)N(CCC(=O)O)C2=O)cc1. The predicted molar refractivity (Wildman–Crippen MR) is 77.9 cm³/mol. The average molecular weight is 307 g/mol. The number of carboxylic acids is 1. The van der Waals surface area contributed by atoms with E-state index in [1.165, 1.54) is 0 Å². The van der Waals surface area contributed by atoms with Crippen LogP contribution in [0.1, 0.15) is 12.0 Å². The van der Waals surface area contributed by atoms with Crippen molar-refractivity contribution < 1.29 is 24.2 Å². The van der Waals surface area contributed by atoms with E-state index in [1.807, 2.05) is 0 Å². The molecule has 1 aliphatic heterocycles. The molecule has 1 N–H and O–H groups in total. The van der Waals surface area contributed by atoms with E-state index in [0.29, 0.717) is 5.75 Å². The van der Waals surface area contributed by atoms with Crippen molar-refractivity contribution in [1.29, 1.82) is 0 Å². The Kier molecular flexibility index (Phi) is 4.64. The number of carbonyl (C=O) groups excluding carboxylic acids is 2. The second-order valence-electron chi connectivity index (χ2n) is 4.25. The van der Waals surface area contributed by atoms with Crippen molar-refractivity contribution in [2.75, 3.05) is 13.7 Å². The highest BCUT2D eigenvalue weighted by Gasteiger charge is 2.34. The maximum absolute atomic E-state index is 12.1. The molecule has 7 heteroatoms. The van der Waals surface area contributed by atoms with E-state index in [0.717, 1.165) is 22.2 Å². The molecule has 1 saturated heterocycles. The zero-order valence-electron chi connectivity index (χ0n) is 11.2. The summed E-state index contributed by atoms with van der Waals surface area (Å²) >= 11 is 0.813. The van der Waals surface area contributed by atoms with Crippen molar-refractivity contribution in [1.82, 2.24) is 4.90 Å². The van der Waals surface area contributed by atoms with E-state index >= 15 is 0 Å². The van der Waals surface area contributed by atoms with Crippen LogP contribution in [0.5, 0.6) is 5.75 Å². The number of benzene rings is 1. The van der Waals surface area contributed by atoms with Gasteiger partial charge in [-0.1, -0.05) is 12.1 Å². The van der Waals surface area contributed by atoms with Crippen LogP contribution in [0, 0.1) is 0 Å². The Morgan fingerprint density at radius 3 is 2.57 bits per heavy atom. The van der Waals surface area contributed by atoms with Gasteiger partial charge in [0.2, 0.25) is 0 Å². The predicted octanol–water partition coefficient (Wildman–Crippen LogP) is 2.21. The molecule has 1 aromatic carbocycles. The molecule has 0 radical (unpaired) electrons. The number of imide groups is 1. The van der Waals surface area contributed by atoms with Crippen molar-refractivity contribution in [3.8, 4) is 5.75 Å². The summed E-state index contributed by atoms with van der Waals surface area (Å²) in [6, 6.07) is 7.04. The third kappa shape index (κ3) is 3.63. The quantitative estimate of drug-likeness (QED) is 0.840. The Morgan fingerprint density at radius 2 is 2.00 bits per heavy atom. The number of thioether (sulfide) groups is 1. The minimum absolute atomic E-state index is 0.111. The third-order valence-electron chi connectivity index (χ3n) is 2.84. The summed E-state index contributed by atoms with van der Waals surface area (Å²) in [5, 5.41) is 8.17. The van der Waals surface area contributed by atoms with Crippen molar-refractivity contribution in [3.63, 3.8) is 0 Å². The van der Waals surface area contributed by atoms with Gasteiger partial charge in [-0.2, -0.15) is 0 Å². The zero-order chi connectivity index (χ0) is 15.4. The molecule has 0 unspecified atom stereocenters. The first-order valence-corrected chi connectivity index (χ1v) is 6.94. The van der Waals surface area contributed by atoms with Gasteiger partial charge in [0.1, 0.15) is 5.75 Å². The lowest BCUT2D eigenvalue weighted by Gasteiger charge is -2.09. The Hall–Kier alpha value is -2.28. The second kappa shape index (κ2) is 6.45. The lowest BCUT2D eigenvalue weighted by molar-refractivity contribution is -0.137. The zero-order valence-corrected chi connectivity index (χ0v) is 12.1. The average Bonchev–Trinajstić information content (AvgIpc) is 2.72. The Balaban J connectivity index is 2.13. The van der Waals surface area contributed by atoms with E-state index in [1.54, 1.807) is 37.5 Å². The fraction of sp³-hybridized carbons (Fsp3) is 0.214. The number of ether oxygens (including phenoxy) is 1. The molecule has 2 rings (SSSR count). The van der Waals surface area contributed by atoms with E-state index < -0.39 is 17.1 Å². The lowest BCUT2D eigenvalue weighted by Crippen LogP contribution is -2.30. The molecule has 110 valence electrons. The fourth-order valence-electron chi connectivity index (χ4n) is 1.75. The molecule has 0 spiro atoms. The molecular formula is C14H13NO5S. The van der Waals surface area contributed by atoms with Crippen molar-refractivity contribution in [2.24, 2.45) is 0 Å². The van der Waals surface area contributed by atoms with E-state index in [2.05, 4.69) is 0 Å². The number of hydrogen-bond donors (Lipinski definition) is 1. The minimum Gasteiger partial charge on any atom is -0.497 e. The Labute approximate surface area is 125 Å². The highest BCUT2D eigenvalue weighted by molar-refractivity contribution is 8.18. The number of carbonyl (C=O) groups is 3. The van der Waals surface area contributed by atoms with Crippen LogP contribution in [0.15, 0.2) is 29.2 Å². The fourth-order valence-corrected chi connectivity index (χ4v) is 2.62. The van der Waals surface area contributed by atoms with Gasteiger partial charge >= 0.3 is 5.97 Å². The minimum atomic E-state index is -1.05. The largest absolute Gasteiger partial charge is 0.497 e. The van der Waals surface area contributed by atoms with Crippen LogP contribution in [-0.4, -0.2) is 40.8 Å². The van der Waals surface area contributed by atoms with Crippen LogP contribution in [0.2, 0.25) is 0 Å². The summed E-state index contributed by atoms with van der Waals surface area (Å²) < 4.78 is 5.04. The van der Waals surface area contributed by atoms with Gasteiger partial charge in [0.25, 0.3) is 11.1 Å². The van der Waals surface area contributed by atoms with Gasteiger partial charge in [0, 0.05) is 6.54 Å². The molecule has 0 saturated carbocycles. The highest BCUT2D eigenvalue weighted by Crippen LogP contribution is 2.32. The van der Waals surface area contributed by atoms with Gasteiger partial charge in [0.15, 0.2) is 0 Å². The maximum Gasteiger partial charge on any atom is 0.305 e. The van der Waals surface area contributed by atoms with Crippen molar-refractivity contribution >= 4 is 35.0 Å². The van der Waals surface area contributed by atoms with Crippen LogP contribution in [0.25, 0.3) is 6.08 Å². The van der Waals surface area contributed by atoms with Gasteiger partial charge in [0.05, 0.1) is 18.4 Å². The number of amides is 2. The normalized spacial score (nSPS) is 16.6. The summed E-state index contributed by atoms with van der Waals surface area (Å²) in [5.41, 5.74) is 0.763. The monoisotopic (exact) mass is 307 g/mol. The number of rotatable bonds is 5. The standard InChI is InChI=1S/C14H13NO5S/c1-20-10-4-2-9(3-5-10)8-11-13(18)15(14(19)21-11)7-6-12(16)17/h2-5,8H,6-7H2,1H3,(H,16,17)/b11-8-. The molecule has 1 aliphatic rings. The summed E-state index contributed by atoms with van der Waals surface area (Å²) in [5.74, 6) is -0.808. The lowest BCUT2D eigenvalue weighted by atomic mass is 10.2. The summed E-state index contributed by atoms with van der Waals surface area (Å²) in [7, 11) is 1.56. The number of hydrogen-bond acceptors (Lipinski definition) is 5. The molecule has 2 amide bonds.